The van der Waals surface area contributed by atoms with Crippen molar-refractivity contribution in [2.75, 3.05) is 36.5 Å². The lowest BCUT2D eigenvalue weighted by Gasteiger charge is -2.28. The van der Waals surface area contributed by atoms with E-state index in [-0.39, 0.29) is 5.69 Å². The average Bonchev–Trinajstić information content (AvgIpc) is 2.59. The summed E-state index contributed by atoms with van der Waals surface area (Å²) in [6, 6.07) is 8.22. The maximum absolute atomic E-state index is 10.8. The zero-order valence-electron chi connectivity index (χ0n) is 13.2. The van der Waals surface area contributed by atoms with Crippen molar-refractivity contribution < 1.29 is 9.66 Å². The molecule has 2 aromatic rings. The van der Waals surface area contributed by atoms with E-state index in [2.05, 4.69) is 15.2 Å². The topological polar surface area (TPSA) is 80.5 Å². The van der Waals surface area contributed by atoms with E-state index in [0.29, 0.717) is 23.9 Å². The lowest BCUT2D eigenvalue weighted by atomic mass is 10.2. The number of halogens is 1. The van der Waals surface area contributed by atoms with Gasteiger partial charge in [0.2, 0.25) is 0 Å². The molecule has 0 bridgehead atoms. The molecule has 0 unspecified atom stereocenters. The fourth-order valence-corrected chi connectivity index (χ4v) is 2.73. The minimum atomic E-state index is -0.473. The van der Waals surface area contributed by atoms with Crippen molar-refractivity contribution >= 4 is 34.5 Å². The number of benzene rings is 1. The molecule has 1 aliphatic rings. The summed E-state index contributed by atoms with van der Waals surface area (Å²) < 4.78 is 5.35. The Morgan fingerprint density at radius 2 is 1.96 bits per heavy atom. The second-order valence-electron chi connectivity index (χ2n) is 5.45. The van der Waals surface area contributed by atoms with Gasteiger partial charge in [0.05, 0.1) is 40.2 Å². The van der Waals surface area contributed by atoms with Gasteiger partial charge in [-0.3, -0.25) is 10.1 Å². The predicted octanol–water partition coefficient (Wildman–Crippen LogP) is 3.53. The van der Waals surface area contributed by atoms with Gasteiger partial charge in [-0.1, -0.05) is 11.6 Å². The molecule has 1 aromatic heterocycles. The average molecular weight is 349 g/mol. The minimum absolute atomic E-state index is 0.0388. The summed E-state index contributed by atoms with van der Waals surface area (Å²) >= 11 is 6.12. The highest BCUT2D eigenvalue weighted by molar-refractivity contribution is 6.33. The van der Waals surface area contributed by atoms with Crippen LogP contribution in [-0.4, -0.2) is 36.2 Å². The quantitative estimate of drug-likeness (QED) is 0.672. The van der Waals surface area contributed by atoms with Gasteiger partial charge in [-0.15, -0.1) is 0 Å². The third-order valence-corrected chi connectivity index (χ3v) is 4.15. The number of non-ortho nitro benzene ring substituents is 1. The van der Waals surface area contributed by atoms with Gasteiger partial charge in [0.15, 0.2) is 0 Å². The van der Waals surface area contributed by atoms with Crippen LogP contribution in [-0.2, 0) is 4.74 Å². The smallest absolute Gasteiger partial charge is 0.271 e. The van der Waals surface area contributed by atoms with Gasteiger partial charge in [-0.2, -0.15) is 0 Å². The Morgan fingerprint density at radius 1 is 1.25 bits per heavy atom. The molecule has 0 atom stereocenters. The fourth-order valence-electron chi connectivity index (χ4n) is 2.51. The molecule has 3 rings (SSSR count). The van der Waals surface area contributed by atoms with E-state index in [1.807, 2.05) is 19.1 Å². The van der Waals surface area contributed by atoms with E-state index in [4.69, 9.17) is 16.3 Å². The molecule has 2 heterocycles. The molecule has 7 nitrogen and oxygen atoms in total. The summed E-state index contributed by atoms with van der Waals surface area (Å²) in [5, 5.41) is 14.2. The number of nitro groups is 1. The molecule has 126 valence electrons. The number of rotatable bonds is 4. The second kappa shape index (κ2) is 7.02. The summed E-state index contributed by atoms with van der Waals surface area (Å²) in [4.78, 5) is 17.1. The molecule has 8 heteroatoms. The largest absolute Gasteiger partial charge is 0.378 e. The van der Waals surface area contributed by atoms with Gasteiger partial charge in [0.25, 0.3) is 5.69 Å². The third-order valence-electron chi connectivity index (χ3n) is 3.84. The molecule has 1 saturated heterocycles. The van der Waals surface area contributed by atoms with Crippen LogP contribution in [0, 0.1) is 17.0 Å². The van der Waals surface area contributed by atoms with E-state index < -0.39 is 4.92 Å². The standard InChI is InChI=1S/C16H17ClN4O3/c1-11-14(4-5-16(18-11)20-6-8-24-9-7-20)19-15-3-2-12(21(22)23)10-13(15)17/h2-5,10,19H,6-9H2,1H3. The van der Waals surface area contributed by atoms with Crippen molar-refractivity contribution in [3.63, 3.8) is 0 Å². The molecule has 1 N–H and O–H groups in total. The van der Waals surface area contributed by atoms with E-state index in [1.165, 1.54) is 12.1 Å². The van der Waals surface area contributed by atoms with Crippen molar-refractivity contribution in [2.24, 2.45) is 0 Å². The summed E-state index contributed by atoms with van der Waals surface area (Å²) in [5.41, 5.74) is 2.20. The number of nitrogens with zero attached hydrogens (tertiary/aromatic N) is 3. The first-order valence-corrected chi connectivity index (χ1v) is 7.94. The number of aromatic nitrogens is 1. The zero-order chi connectivity index (χ0) is 17.1. The normalized spacial score (nSPS) is 14.5. The van der Waals surface area contributed by atoms with Crippen molar-refractivity contribution in [1.29, 1.82) is 0 Å². The number of ether oxygens (including phenoxy) is 1. The van der Waals surface area contributed by atoms with Gasteiger partial charge < -0.3 is 15.0 Å². The molecule has 1 aromatic carbocycles. The SMILES string of the molecule is Cc1nc(N2CCOCC2)ccc1Nc1ccc([N+](=O)[O-])cc1Cl. The van der Waals surface area contributed by atoms with Gasteiger partial charge in [-0.25, -0.2) is 4.98 Å². The van der Waals surface area contributed by atoms with Crippen LogP contribution in [0.4, 0.5) is 22.9 Å². The predicted molar refractivity (Wildman–Crippen MR) is 93.4 cm³/mol. The molecular weight excluding hydrogens is 332 g/mol. The molecule has 0 amide bonds. The maximum atomic E-state index is 10.8. The monoisotopic (exact) mass is 348 g/mol. The van der Waals surface area contributed by atoms with Crippen LogP contribution in [0.1, 0.15) is 5.69 Å². The highest BCUT2D eigenvalue weighted by Gasteiger charge is 2.14. The highest BCUT2D eigenvalue weighted by atomic mass is 35.5. The van der Waals surface area contributed by atoms with Crippen LogP contribution < -0.4 is 10.2 Å². The number of hydrogen-bond acceptors (Lipinski definition) is 6. The molecular formula is C16H17ClN4O3. The first kappa shape index (κ1) is 16.5. The number of anilines is 3. The zero-order valence-corrected chi connectivity index (χ0v) is 13.9. The Hall–Kier alpha value is -2.38. The van der Waals surface area contributed by atoms with E-state index in [1.54, 1.807) is 6.07 Å². The van der Waals surface area contributed by atoms with Crippen molar-refractivity contribution in [1.82, 2.24) is 4.98 Å². The third kappa shape index (κ3) is 3.58. The van der Waals surface area contributed by atoms with Crippen LogP contribution in [0.3, 0.4) is 0 Å². The van der Waals surface area contributed by atoms with E-state index in [0.717, 1.165) is 30.3 Å². The minimum Gasteiger partial charge on any atom is -0.378 e. The van der Waals surface area contributed by atoms with Crippen LogP contribution in [0.15, 0.2) is 30.3 Å². The molecule has 24 heavy (non-hydrogen) atoms. The van der Waals surface area contributed by atoms with Crippen molar-refractivity contribution in [3.05, 3.63) is 51.2 Å². The van der Waals surface area contributed by atoms with Crippen LogP contribution in [0.5, 0.6) is 0 Å². The van der Waals surface area contributed by atoms with Crippen LogP contribution in [0.25, 0.3) is 0 Å². The first-order chi connectivity index (χ1) is 11.5. The second-order valence-corrected chi connectivity index (χ2v) is 5.86. The van der Waals surface area contributed by atoms with E-state index in [9.17, 15) is 10.1 Å². The molecule has 1 fully saturated rings. The Labute approximate surface area is 144 Å². The lowest BCUT2D eigenvalue weighted by Crippen LogP contribution is -2.36. The summed E-state index contributed by atoms with van der Waals surface area (Å²) in [6.07, 6.45) is 0. The number of nitro benzene ring substituents is 1. The Bertz CT molecular complexity index is 763. The van der Waals surface area contributed by atoms with Gasteiger partial charge >= 0.3 is 0 Å². The molecule has 0 radical (unpaired) electrons. The number of pyridine rings is 1. The molecule has 0 spiro atoms. The molecule has 1 aliphatic heterocycles. The van der Waals surface area contributed by atoms with Crippen molar-refractivity contribution in [3.8, 4) is 0 Å². The molecule has 0 aliphatic carbocycles. The lowest BCUT2D eigenvalue weighted by molar-refractivity contribution is -0.384. The van der Waals surface area contributed by atoms with Gasteiger partial charge in [0, 0.05) is 25.2 Å². The summed E-state index contributed by atoms with van der Waals surface area (Å²) in [7, 11) is 0. The molecule has 0 saturated carbocycles. The highest BCUT2D eigenvalue weighted by Crippen LogP contribution is 2.30. The summed E-state index contributed by atoms with van der Waals surface area (Å²) in [5.74, 6) is 0.913. The Kier molecular flexibility index (Phi) is 4.82. The number of morpholine rings is 1. The summed E-state index contributed by atoms with van der Waals surface area (Å²) in [6.45, 7) is 4.98. The number of hydrogen-bond donors (Lipinski definition) is 1. The van der Waals surface area contributed by atoms with Crippen molar-refractivity contribution in [2.45, 2.75) is 6.92 Å². The van der Waals surface area contributed by atoms with Gasteiger partial charge in [-0.05, 0) is 25.1 Å². The Balaban J connectivity index is 1.79. The fraction of sp³-hybridized carbons (Fsp3) is 0.312. The van der Waals surface area contributed by atoms with Crippen LogP contribution in [0.2, 0.25) is 5.02 Å². The first-order valence-electron chi connectivity index (χ1n) is 7.56. The maximum Gasteiger partial charge on any atom is 0.271 e. The van der Waals surface area contributed by atoms with Gasteiger partial charge in [0.1, 0.15) is 5.82 Å². The van der Waals surface area contributed by atoms with E-state index >= 15 is 0 Å². The van der Waals surface area contributed by atoms with Crippen LogP contribution >= 0.6 is 11.6 Å². The number of nitrogens with one attached hydrogen (secondary N) is 1. The number of aryl methyl sites for hydroxylation is 1. The Morgan fingerprint density at radius 3 is 2.58 bits per heavy atom.